The lowest BCUT2D eigenvalue weighted by molar-refractivity contribution is -0.407. The van der Waals surface area contributed by atoms with Gasteiger partial charge in [-0.1, -0.05) is 19.9 Å². The van der Waals surface area contributed by atoms with E-state index in [4.69, 9.17) is 0 Å². The summed E-state index contributed by atoms with van der Waals surface area (Å²) in [4.78, 5) is 54.1. The van der Waals surface area contributed by atoms with Crippen molar-refractivity contribution >= 4 is 53.0 Å². The van der Waals surface area contributed by atoms with Crippen molar-refractivity contribution in [3.05, 3.63) is 44.9 Å². The highest BCUT2D eigenvalue weighted by molar-refractivity contribution is 8.03. The molecule has 0 fully saturated rings. The van der Waals surface area contributed by atoms with Crippen molar-refractivity contribution < 1.29 is 23.9 Å². The zero-order valence-corrected chi connectivity index (χ0v) is 18.3. The third-order valence-corrected chi connectivity index (χ3v) is 6.15. The molecule has 2 aliphatic heterocycles. The van der Waals surface area contributed by atoms with E-state index in [9.17, 15) is 24.5 Å². The molecule has 2 aliphatic rings. The summed E-state index contributed by atoms with van der Waals surface area (Å²) in [5, 5.41) is 13.6. The number of amidine groups is 1. The van der Waals surface area contributed by atoms with Crippen LogP contribution in [0.3, 0.4) is 0 Å². The van der Waals surface area contributed by atoms with Crippen LogP contribution in [0, 0.1) is 22.0 Å². The SMILES string of the molecule is CC(C)C1=C(SCC(=O)Nc2cccc([N+](=O)[O-])c2)C2C(=O)N(C)C(=O)[N+](C)=C2N=C1. The van der Waals surface area contributed by atoms with E-state index >= 15 is 0 Å². The van der Waals surface area contributed by atoms with Crippen LogP contribution in [0.4, 0.5) is 16.2 Å². The minimum Gasteiger partial charge on any atom is -0.325 e. The van der Waals surface area contributed by atoms with Crippen LogP contribution in [0.15, 0.2) is 39.7 Å². The number of fused-ring (bicyclic) bond motifs is 1. The van der Waals surface area contributed by atoms with Gasteiger partial charge in [0, 0.05) is 28.3 Å². The summed E-state index contributed by atoms with van der Waals surface area (Å²) in [6.07, 6.45) is 1.64. The van der Waals surface area contributed by atoms with E-state index in [1.54, 1.807) is 19.3 Å². The van der Waals surface area contributed by atoms with Crippen molar-refractivity contribution in [3.8, 4) is 0 Å². The Kier molecular flexibility index (Phi) is 6.34. The fourth-order valence-electron chi connectivity index (χ4n) is 3.31. The average Bonchev–Trinajstić information content (AvgIpc) is 2.74. The Morgan fingerprint density at radius 1 is 1.39 bits per heavy atom. The number of urea groups is 1. The monoisotopic (exact) mass is 444 g/mol. The molecule has 0 aliphatic carbocycles. The van der Waals surface area contributed by atoms with Gasteiger partial charge in [0.05, 0.1) is 24.8 Å². The molecule has 1 unspecified atom stereocenters. The molecule has 0 aromatic heterocycles. The largest absolute Gasteiger partial charge is 0.445 e. The number of nitro benzene ring substituents is 1. The lowest BCUT2D eigenvalue weighted by atomic mass is 9.93. The zero-order valence-electron chi connectivity index (χ0n) is 17.5. The number of benzene rings is 1. The first-order valence-corrected chi connectivity index (χ1v) is 10.5. The van der Waals surface area contributed by atoms with Gasteiger partial charge in [-0.05, 0) is 12.0 Å². The number of non-ortho nitro benzene ring substituents is 1. The van der Waals surface area contributed by atoms with Gasteiger partial charge in [-0.15, -0.1) is 16.8 Å². The van der Waals surface area contributed by atoms with Crippen molar-refractivity contribution in [2.45, 2.75) is 13.8 Å². The molecule has 4 amide bonds. The highest BCUT2D eigenvalue weighted by atomic mass is 32.2. The Morgan fingerprint density at radius 2 is 2.10 bits per heavy atom. The van der Waals surface area contributed by atoms with Gasteiger partial charge in [0.15, 0.2) is 5.92 Å². The van der Waals surface area contributed by atoms with Gasteiger partial charge in [0.1, 0.15) is 6.21 Å². The van der Waals surface area contributed by atoms with E-state index in [0.717, 1.165) is 10.5 Å². The molecule has 3 rings (SSSR count). The fourth-order valence-corrected chi connectivity index (χ4v) is 4.50. The van der Waals surface area contributed by atoms with Crippen molar-refractivity contribution in [1.29, 1.82) is 0 Å². The van der Waals surface area contributed by atoms with Gasteiger partial charge in [0.2, 0.25) is 5.91 Å². The molecule has 0 saturated carbocycles. The van der Waals surface area contributed by atoms with Crippen LogP contribution in [-0.4, -0.2) is 64.1 Å². The van der Waals surface area contributed by atoms with Gasteiger partial charge in [-0.25, -0.2) is 4.79 Å². The number of hydrogen-bond acceptors (Lipinski definition) is 7. The highest BCUT2D eigenvalue weighted by Crippen LogP contribution is 2.37. The molecular weight excluding hydrogens is 422 g/mol. The normalized spacial score (nSPS) is 18.6. The first-order valence-electron chi connectivity index (χ1n) is 9.49. The Morgan fingerprint density at radius 3 is 2.74 bits per heavy atom. The summed E-state index contributed by atoms with van der Waals surface area (Å²) in [6, 6.07) is 5.21. The van der Waals surface area contributed by atoms with Crippen molar-refractivity contribution in [2.24, 2.45) is 16.8 Å². The number of allylic oxidation sites excluding steroid dienone is 1. The molecule has 0 saturated heterocycles. The number of carbonyl (C=O) groups is 3. The Labute approximate surface area is 182 Å². The number of nitrogens with zero attached hydrogens (tertiary/aromatic N) is 4. The van der Waals surface area contributed by atoms with Gasteiger partial charge in [-0.3, -0.25) is 19.7 Å². The third-order valence-electron chi connectivity index (χ3n) is 4.96. The topological polar surface area (TPSA) is 125 Å². The number of anilines is 1. The molecule has 1 aromatic rings. The molecule has 11 heteroatoms. The maximum absolute atomic E-state index is 12.9. The summed E-state index contributed by atoms with van der Waals surface area (Å²) in [5.41, 5.74) is 1.02. The molecule has 1 atom stereocenters. The van der Waals surface area contributed by atoms with Crippen LogP contribution in [0.5, 0.6) is 0 Å². The van der Waals surface area contributed by atoms with Crippen LogP contribution in [-0.2, 0) is 9.59 Å². The van der Waals surface area contributed by atoms with E-state index < -0.39 is 22.8 Å². The zero-order chi connectivity index (χ0) is 22.9. The molecule has 2 heterocycles. The fraction of sp³-hybridized carbons (Fsp3) is 0.350. The Bertz CT molecular complexity index is 1080. The summed E-state index contributed by atoms with van der Waals surface area (Å²) in [5.74, 6) is -1.15. The lowest BCUT2D eigenvalue weighted by Gasteiger charge is -2.29. The van der Waals surface area contributed by atoms with E-state index in [2.05, 4.69) is 10.3 Å². The maximum Gasteiger partial charge on any atom is 0.445 e. The number of nitro groups is 1. The molecular formula is C20H22N5O5S+. The number of hydrogen-bond donors (Lipinski definition) is 1. The predicted octanol–water partition coefficient (Wildman–Crippen LogP) is 2.51. The number of nitrogens with one attached hydrogen (secondary N) is 1. The lowest BCUT2D eigenvalue weighted by Crippen LogP contribution is -2.53. The third kappa shape index (κ3) is 4.41. The number of imide groups is 1. The van der Waals surface area contributed by atoms with E-state index in [1.165, 1.54) is 41.6 Å². The Balaban J connectivity index is 1.84. The summed E-state index contributed by atoms with van der Waals surface area (Å²) in [6.45, 7) is 3.92. The van der Waals surface area contributed by atoms with Crippen LogP contribution in [0.2, 0.25) is 0 Å². The number of dihydropyridines is 1. The first-order chi connectivity index (χ1) is 14.6. The van der Waals surface area contributed by atoms with Crippen LogP contribution >= 0.6 is 11.8 Å². The number of rotatable bonds is 6. The smallest absolute Gasteiger partial charge is 0.325 e. The second-order valence-electron chi connectivity index (χ2n) is 7.41. The minimum absolute atomic E-state index is 0.0134. The van der Waals surface area contributed by atoms with Gasteiger partial charge < -0.3 is 5.32 Å². The van der Waals surface area contributed by atoms with Crippen molar-refractivity contribution in [3.63, 3.8) is 0 Å². The molecule has 0 bridgehead atoms. The average molecular weight is 444 g/mol. The number of carbonyl (C=O) groups excluding carboxylic acids is 3. The number of aliphatic imine (C=N–C) groups is 1. The second-order valence-corrected chi connectivity index (χ2v) is 8.42. The Hall–Kier alpha value is -3.34. The van der Waals surface area contributed by atoms with Gasteiger partial charge >= 0.3 is 11.9 Å². The minimum atomic E-state index is -0.759. The molecule has 10 nitrogen and oxygen atoms in total. The molecule has 0 radical (unpaired) electrons. The predicted molar refractivity (Wildman–Crippen MR) is 117 cm³/mol. The maximum atomic E-state index is 12.9. The number of amides is 4. The summed E-state index contributed by atoms with van der Waals surface area (Å²) < 4.78 is 1.34. The quantitative estimate of drug-likeness (QED) is 0.408. The molecule has 31 heavy (non-hydrogen) atoms. The van der Waals surface area contributed by atoms with E-state index in [1.807, 2.05) is 13.8 Å². The molecule has 162 valence electrons. The first kappa shape index (κ1) is 22.3. The molecule has 1 N–H and O–H groups in total. The second kappa shape index (κ2) is 8.80. The number of thioether (sulfide) groups is 1. The van der Waals surface area contributed by atoms with Crippen LogP contribution in [0.1, 0.15) is 13.8 Å². The van der Waals surface area contributed by atoms with Crippen molar-refractivity contribution in [2.75, 3.05) is 25.2 Å². The van der Waals surface area contributed by atoms with Gasteiger partial charge in [-0.2, -0.15) is 9.48 Å². The van der Waals surface area contributed by atoms with E-state index in [0.29, 0.717) is 16.4 Å². The summed E-state index contributed by atoms with van der Waals surface area (Å²) >= 11 is 1.20. The molecule has 1 aromatic carbocycles. The van der Waals surface area contributed by atoms with Gasteiger partial charge in [0.25, 0.3) is 11.5 Å². The summed E-state index contributed by atoms with van der Waals surface area (Å²) in [7, 11) is 2.98. The van der Waals surface area contributed by atoms with Crippen LogP contribution in [0.25, 0.3) is 0 Å². The van der Waals surface area contributed by atoms with Crippen molar-refractivity contribution in [1.82, 2.24) is 4.90 Å². The standard InChI is InChI=1S/C20H21N5O5S/c1-11(2)14-9-21-18-16(19(27)24(4)20(28)23(18)3)17(14)31-10-15(26)22-12-6-5-7-13(8-12)25(29)30/h5-9,11,16H,10H2,1-4H3/p+1. The highest BCUT2D eigenvalue weighted by Gasteiger charge is 2.48. The van der Waals surface area contributed by atoms with Crippen LogP contribution < -0.4 is 5.32 Å². The van der Waals surface area contributed by atoms with E-state index in [-0.39, 0.29) is 23.3 Å². The molecule has 0 spiro atoms.